The van der Waals surface area contributed by atoms with Gasteiger partial charge in [-0.2, -0.15) is 0 Å². The summed E-state index contributed by atoms with van der Waals surface area (Å²) < 4.78 is 5.05. The molecule has 0 radical (unpaired) electrons. The Morgan fingerprint density at radius 3 is 2.55 bits per heavy atom. The average molecular weight is 396 g/mol. The molecular weight excluding hydrogens is 368 g/mol. The van der Waals surface area contributed by atoms with Gasteiger partial charge in [0, 0.05) is 37.2 Å². The number of carbonyl (C=O) groups excluding carboxylic acids is 2. The Balaban J connectivity index is 1.57. The SMILES string of the molecule is CCOC(=O)N1CCC(Nc2cncc(C(=O)Nc3ccc(C)c(C)c3)c2)CC1. The van der Waals surface area contributed by atoms with E-state index in [9.17, 15) is 9.59 Å². The van der Waals surface area contributed by atoms with Crippen LogP contribution >= 0.6 is 0 Å². The van der Waals surface area contributed by atoms with Gasteiger partial charge in [-0.3, -0.25) is 9.78 Å². The summed E-state index contributed by atoms with van der Waals surface area (Å²) in [4.78, 5) is 30.3. The van der Waals surface area contributed by atoms with Crippen molar-refractivity contribution in [2.24, 2.45) is 0 Å². The molecule has 1 fully saturated rings. The van der Waals surface area contributed by atoms with Gasteiger partial charge in [0.05, 0.1) is 17.9 Å². The number of nitrogens with one attached hydrogen (secondary N) is 2. The third-order valence-electron chi connectivity index (χ3n) is 5.16. The minimum atomic E-state index is -0.252. The molecule has 29 heavy (non-hydrogen) atoms. The maximum Gasteiger partial charge on any atom is 0.409 e. The monoisotopic (exact) mass is 396 g/mol. The molecule has 1 aromatic carbocycles. The molecule has 154 valence electrons. The molecular formula is C22H28N4O3. The second-order valence-corrected chi connectivity index (χ2v) is 7.32. The largest absolute Gasteiger partial charge is 0.450 e. The van der Waals surface area contributed by atoms with Gasteiger partial charge in [-0.1, -0.05) is 6.07 Å². The van der Waals surface area contributed by atoms with Gasteiger partial charge >= 0.3 is 6.09 Å². The van der Waals surface area contributed by atoms with Gasteiger partial charge in [0.1, 0.15) is 0 Å². The van der Waals surface area contributed by atoms with Crippen molar-refractivity contribution < 1.29 is 14.3 Å². The lowest BCUT2D eigenvalue weighted by Gasteiger charge is -2.32. The first-order valence-electron chi connectivity index (χ1n) is 9.98. The Bertz CT molecular complexity index is 876. The Hall–Kier alpha value is -3.09. The smallest absolute Gasteiger partial charge is 0.409 e. The Morgan fingerprint density at radius 1 is 1.10 bits per heavy atom. The third-order valence-corrected chi connectivity index (χ3v) is 5.16. The Morgan fingerprint density at radius 2 is 1.86 bits per heavy atom. The van der Waals surface area contributed by atoms with Crippen molar-refractivity contribution in [1.29, 1.82) is 0 Å². The quantitative estimate of drug-likeness (QED) is 0.799. The number of aryl methyl sites for hydroxylation is 2. The van der Waals surface area contributed by atoms with Crippen LogP contribution in [-0.4, -0.2) is 47.6 Å². The molecule has 1 aliphatic rings. The second kappa shape index (κ2) is 9.41. The Kier molecular flexibility index (Phi) is 6.69. The van der Waals surface area contributed by atoms with Crippen molar-refractivity contribution in [2.45, 2.75) is 39.7 Å². The fraction of sp³-hybridized carbons (Fsp3) is 0.409. The number of likely N-dealkylation sites (tertiary alicyclic amines) is 1. The van der Waals surface area contributed by atoms with E-state index in [4.69, 9.17) is 4.74 Å². The van der Waals surface area contributed by atoms with Crippen molar-refractivity contribution in [2.75, 3.05) is 30.3 Å². The highest BCUT2D eigenvalue weighted by atomic mass is 16.6. The average Bonchev–Trinajstić information content (AvgIpc) is 2.72. The normalized spacial score (nSPS) is 14.4. The lowest BCUT2D eigenvalue weighted by molar-refractivity contribution is 0.0981. The summed E-state index contributed by atoms with van der Waals surface area (Å²) in [6, 6.07) is 7.87. The van der Waals surface area contributed by atoms with Gasteiger partial charge in [-0.25, -0.2) is 4.79 Å². The van der Waals surface area contributed by atoms with Gasteiger partial charge in [0.15, 0.2) is 0 Å². The second-order valence-electron chi connectivity index (χ2n) is 7.32. The summed E-state index contributed by atoms with van der Waals surface area (Å²) in [5.41, 5.74) is 4.38. The number of pyridine rings is 1. The van der Waals surface area contributed by atoms with Gasteiger partial charge in [0.25, 0.3) is 5.91 Å². The van der Waals surface area contributed by atoms with Crippen LogP contribution in [0.1, 0.15) is 41.3 Å². The highest BCUT2D eigenvalue weighted by Crippen LogP contribution is 2.19. The molecule has 1 aliphatic heterocycles. The molecule has 2 heterocycles. The zero-order valence-electron chi connectivity index (χ0n) is 17.2. The molecule has 7 nitrogen and oxygen atoms in total. The molecule has 1 aromatic heterocycles. The van der Waals surface area contributed by atoms with E-state index < -0.39 is 0 Å². The number of amides is 2. The minimum absolute atomic E-state index is 0.193. The topological polar surface area (TPSA) is 83.6 Å². The lowest BCUT2D eigenvalue weighted by atomic mass is 10.0. The van der Waals surface area contributed by atoms with E-state index in [-0.39, 0.29) is 18.0 Å². The standard InChI is InChI=1S/C22H28N4O3/c1-4-29-22(28)26-9-7-18(8-10-26)24-20-12-17(13-23-14-20)21(27)25-19-6-5-15(2)16(3)11-19/h5-6,11-14,18,24H,4,7-10H2,1-3H3,(H,25,27). The summed E-state index contributed by atoms with van der Waals surface area (Å²) in [7, 11) is 0. The number of piperidine rings is 1. The first-order chi connectivity index (χ1) is 14.0. The summed E-state index contributed by atoms with van der Waals surface area (Å²) in [6.07, 6.45) is 4.66. The van der Waals surface area contributed by atoms with Crippen molar-refractivity contribution in [1.82, 2.24) is 9.88 Å². The van der Waals surface area contributed by atoms with Crippen LogP contribution in [0, 0.1) is 13.8 Å². The van der Waals surface area contributed by atoms with Crippen LogP contribution in [0.25, 0.3) is 0 Å². The number of anilines is 2. The van der Waals surface area contributed by atoms with E-state index in [1.54, 1.807) is 23.4 Å². The molecule has 2 aromatic rings. The fourth-order valence-corrected chi connectivity index (χ4v) is 3.32. The van der Waals surface area contributed by atoms with Gasteiger partial charge in [-0.05, 0) is 62.9 Å². The van der Waals surface area contributed by atoms with Crippen LogP contribution < -0.4 is 10.6 Å². The number of hydrogen-bond donors (Lipinski definition) is 2. The molecule has 2 N–H and O–H groups in total. The van der Waals surface area contributed by atoms with E-state index in [0.29, 0.717) is 25.3 Å². The summed E-state index contributed by atoms with van der Waals surface area (Å²) in [5, 5.41) is 6.35. The number of nitrogens with zero attached hydrogens (tertiary/aromatic N) is 2. The highest BCUT2D eigenvalue weighted by molar-refractivity contribution is 6.04. The molecule has 0 spiro atoms. The van der Waals surface area contributed by atoms with Gasteiger partial charge in [0.2, 0.25) is 0 Å². The van der Waals surface area contributed by atoms with E-state index in [2.05, 4.69) is 15.6 Å². The highest BCUT2D eigenvalue weighted by Gasteiger charge is 2.23. The van der Waals surface area contributed by atoms with E-state index in [0.717, 1.165) is 29.8 Å². The van der Waals surface area contributed by atoms with Crippen molar-refractivity contribution >= 4 is 23.4 Å². The van der Waals surface area contributed by atoms with Gasteiger partial charge in [-0.15, -0.1) is 0 Å². The maximum atomic E-state index is 12.6. The molecule has 1 saturated heterocycles. The summed E-state index contributed by atoms with van der Waals surface area (Å²) in [5.74, 6) is -0.193. The zero-order chi connectivity index (χ0) is 20.8. The van der Waals surface area contributed by atoms with Crippen molar-refractivity contribution in [3.8, 4) is 0 Å². The number of benzene rings is 1. The van der Waals surface area contributed by atoms with Crippen LogP contribution in [0.5, 0.6) is 0 Å². The molecule has 0 aliphatic carbocycles. The molecule has 0 bridgehead atoms. The number of rotatable bonds is 5. The van der Waals surface area contributed by atoms with Crippen LogP contribution in [0.3, 0.4) is 0 Å². The summed E-state index contributed by atoms with van der Waals surface area (Å²) in [6.45, 7) is 7.55. The first-order valence-corrected chi connectivity index (χ1v) is 9.98. The number of carbonyl (C=O) groups is 2. The molecule has 0 unspecified atom stereocenters. The minimum Gasteiger partial charge on any atom is -0.450 e. The molecule has 7 heteroatoms. The van der Waals surface area contributed by atoms with E-state index in [1.807, 2.05) is 39.0 Å². The van der Waals surface area contributed by atoms with Crippen molar-refractivity contribution in [3.05, 3.63) is 53.3 Å². The molecule has 2 amide bonds. The van der Waals surface area contributed by atoms with Crippen LogP contribution in [0.15, 0.2) is 36.7 Å². The Labute approximate surface area is 171 Å². The molecule has 3 rings (SSSR count). The first kappa shape index (κ1) is 20.6. The van der Waals surface area contributed by atoms with Gasteiger partial charge < -0.3 is 20.3 Å². The third kappa shape index (κ3) is 5.47. The van der Waals surface area contributed by atoms with Crippen LogP contribution in [-0.2, 0) is 4.74 Å². The molecule has 0 atom stereocenters. The summed E-state index contributed by atoms with van der Waals surface area (Å²) >= 11 is 0. The van der Waals surface area contributed by atoms with E-state index >= 15 is 0 Å². The zero-order valence-corrected chi connectivity index (χ0v) is 17.2. The number of ether oxygens (including phenoxy) is 1. The number of hydrogen-bond acceptors (Lipinski definition) is 5. The maximum absolute atomic E-state index is 12.6. The fourth-order valence-electron chi connectivity index (χ4n) is 3.32. The van der Waals surface area contributed by atoms with Crippen molar-refractivity contribution in [3.63, 3.8) is 0 Å². The van der Waals surface area contributed by atoms with E-state index in [1.165, 1.54) is 5.56 Å². The van der Waals surface area contributed by atoms with Crippen LogP contribution in [0.4, 0.5) is 16.2 Å². The predicted molar refractivity (Wildman–Crippen MR) is 113 cm³/mol. The predicted octanol–water partition coefficient (Wildman–Crippen LogP) is 3.98. The van der Waals surface area contributed by atoms with Crippen LogP contribution in [0.2, 0.25) is 0 Å². The lowest BCUT2D eigenvalue weighted by Crippen LogP contribution is -2.42. The molecule has 0 saturated carbocycles. The number of aromatic nitrogens is 1.